The molecule has 0 spiro atoms. The molecule has 3 N–H and O–H groups in total. The van der Waals surface area contributed by atoms with Crippen LogP contribution in [0.3, 0.4) is 0 Å². The number of aliphatic imine (C=N–C) groups is 1. The van der Waals surface area contributed by atoms with Crippen LogP contribution in [0.4, 0.5) is 0 Å². The summed E-state index contributed by atoms with van der Waals surface area (Å²) >= 11 is 0. The summed E-state index contributed by atoms with van der Waals surface area (Å²) in [4.78, 5) is 11.0. The highest BCUT2D eigenvalue weighted by molar-refractivity contribution is 14.0. The van der Waals surface area contributed by atoms with Crippen LogP contribution in [0.5, 0.6) is 0 Å². The van der Waals surface area contributed by atoms with Gasteiger partial charge in [0.15, 0.2) is 11.8 Å². The van der Waals surface area contributed by atoms with Crippen molar-refractivity contribution < 1.29 is 0 Å². The van der Waals surface area contributed by atoms with Crippen molar-refractivity contribution in [3.05, 3.63) is 48.3 Å². The first-order valence-electron chi connectivity index (χ1n) is 9.42. The normalized spacial score (nSPS) is 15.7. The quantitative estimate of drug-likeness (QED) is 0.249. The molecule has 152 valence electrons. The molecular formula is C20H30IN7. The molecule has 0 atom stereocenters. The number of piperidine rings is 1. The van der Waals surface area contributed by atoms with E-state index < -0.39 is 0 Å². The van der Waals surface area contributed by atoms with Gasteiger partial charge in [0, 0.05) is 44.8 Å². The van der Waals surface area contributed by atoms with Crippen molar-refractivity contribution in [2.45, 2.75) is 32.4 Å². The van der Waals surface area contributed by atoms with Gasteiger partial charge in [-0.25, -0.2) is 4.98 Å². The van der Waals surface area contributed by atoms with Crippen molar-refractivity contribution in [3.63, 3.8) is 0 Å². The van der Waals surface area contributed by atoms with Crippen LogP contribution in [0.15, 0.2) is 47.7 Å². The maximum absolute atomic E-state index is 4.38. The van der Waals surface area contributed by atoms with Crippen LogP contribution in [0.25, 0.3) is 11.4 Å². The second-order valence-electron chi connectivity index (χ2n) is 7.11. The monoisotopic (exact) mass is 495 g/mol. The van der Waals surface area contributed by atoms with Crippen molar-refractivity contribution in [2.75, 3.05) is 26.7 Å². The molecular weight excluding hydrogens is 465 g/mol. The second kappa shape index (κ2) is 11.2. The SMILES string of the molecule is C=C(C)CN1CCC(NC(=NC)NCc2cccc(-c3ncn[nH]3)c2)CC1.I. The molecule has 7 nitrogen and oxygen atoms in total. The molecule has 1 aromatic heterocycles. The Morgan fingerprint density at radius 1 is 1.36 bits per heavy atom. The first-order valence-corrected chi connectivity index (χ1v) is 9.42. The van der Waals surface area contributed by atoms with E-state index in [0.717, 1.165) is 49.8 Å². The fourth-order valence-electron chi connectivity index (χ4n) is 3.36. The first-order chi connectivity index (χ1) is 13.1. The summed E-state index contributed by atoms with van der Waals surface area (Å²) in [6.45, 7) is 10.0. The van der Waals surface area contributed by atoms with Crippen molar-refractivity contribution >= 4 is 29.9 Å². The molecule has 0 radical (unpaired) electrons. The van der Waals surface area contributed by atoms with Gasteiger partial charge >= 0.3 is 0 Å². The number of halogens is 1. The van der Waals surface area contributed by atoms with Gasteiger partial charge in [0.25, 0.3) is 0 Å². The van der Waals surface area contributed by atoms with Gasteiger partial charge in [0.05, 0.1) is 0 Å². The summed E-state index contributed by atoms with van der Waals surface area (Å²) in [6.07, 6.45) is 3.76. The fraction of sp³-hybridized carbons (Fsp3) is 0.450. The highest BCUT2D eigenvalue weighted by Crippen LogP contribution is 2.15. The molecule has 2 heterocycles. The van der Waals surface area contributed by atoms with E-state index in [2.05, 4.69) is 61.3 Å². The maximum atomic E-state index is 4.38. The van der Waals surface area contributed by atoms with Crippen LogP contribution in [-0.4, -0.2) is 58.8 Å². The van der Waals surface area contributed by atoms with E-state index in [-0.39, 0.29) is 24.0 Å². The standard InChI is InChI=1S/C20H29N7.HI/c1-15(2)13-27-9-7-18(8-10-27)25-20(21-3)22-12-16-5-4-6-17(11-16)19-23-14-24-26-19;/h4-6,11,14,18H,1,7-10,12-13H2,2-3H3,(H2,21,22,25)(H,23,24,26);1H. The summed E-state index contributed by atoms with van der Waals surface area (Å²) in [6, 6.07) is 8.71. The van der Waals surface area contributed by atoms with Crippen molar-refractivity contribution in [3.8, 4) is 11.4 Å². The van der Waals surface area contributed by atoms with Gasteiger partial charge in [0.1, 0.15) is 6.33 Å². The third-order valence-corrected chi connectivity index (χ3v) is 4.72. The number of aromatic amines is 1. The number of H-pyrrole nitrogens is 1. The number of benzene rings is 1. The van der Waals surface area contributed by atoms with E-state index in [1.54, 1.807) is 0 Å². The van der Waals surface area contributed by atoms with Crippen LogP contribution in [0, 0.1) is 0 Å². The predicted molar refractivity (Wildman–Crippen MR) is 125 cm³/mol. The third-order valence-electron chi connectivity index (χ3n) is 4.72. The zero-order valence-corrected chi connectivity index (χ0v) is 18.9. The van der Waals surface area contributed by atoms with Crippen molar-refractivity contribution in [1.82, 2.24) is 30.7 Å². The van der Waals surface area contributed by atoms with Gasteiger partial charge in [-0.3, -0.25) is 15.0 Å². The molecule has 8 heteroatoms. The van der Waals surface area contributed by atoms with Gasteiger partial charge in [-0.2, -0.15) is 5.10 Å². The van der Waals surface area contributed by atoms with Gasteiger partial charge in [-0.15, -0.1) is 24.0 Å². The number of nitrogens with one attached hydrogen (secondary N) is 3. The number of hydrogen-bond donors (Lipinski definition) is 3. The number of rotatable bonds is 6. The van der Waals surface area contributed by atoms with E-state index in [4.69, 9.17) is 0 Å². The van der Waals surface area contributed by atoms with Crippen molar-refractivity contribution in [1.29, 1.82) is 0 Å². The number of hydrogen-bond acceptors (Lipinski definition) is 4. The molecule has 0 bridgehead atoms. The van der Waals surface area contributed by atoms with Gasteiger partial charge in [-0.1, -0.05) is 30.4 Å². The Morgan fingerprint density at radius 3 is 2.79 bits per heavy atom. The largest absolute Gasteiger partial charge is 0.354 e. The van der Waals surface area contributed by atoms with Gasteiger partial charge in [-0.05, 0) is 31.4 Å². The second-order valence-corrected chi connectivity index (χ2v) is 7.11. The topological polar surface area (TPSA) is 81.2 Å². The molecule has 0 amide bonds. The van der Waals surface area contributed by atoms with Crippen LogP contribution in [0.1, 0.15) is 25.3 Å². The highest BCUT2D eigenvalue weighted by atomic mass is 127. The highest BCUT2D eigenvalue weighted by Gasteiger charge is 2.19. The van der Waals surface area contributed by atoms with E-state index >= 15 is 0 Å². The Morgan fingerprint density at radius 2 is 2.14 bits per heavy atom. The Hall–Kier alpha value is -1.94. The lowest BCUT2D eigenvalue weighted by Gasteiger charge is -2.33. The van der Waals surface area contributed by atoms with Crippen LogP contribution in [-0.2, 0) is 6.54 Å². The lowest BCUT2D eigenvalue weighted by Crippen LogP contribution is -2.48. The minimum atomic E-state index is 0. The minimum Gasteiger partial charge on any atom is -0.354 e. The molecule has 1 aromatic carbocycles. The molecule has 1 saturated heterocycles. The molecule has 0 aliphatic carbocycles. The minimum absolute atomic E-state index is 0. The Labute approximate surface area is 184 Å². The average Bonchev–Trinajstić information content (AvgIpc) is 3.21. The van der Waals surface area contributed by atoms with Crippen LogP contribution < -0.4 is 10.6 Å². The number of guanidine groups is 1. The van der Waals surface area contributed by atoms with Crippen LogP contribution >= 0.6 is 24.0 Å². The smallest absolute Gasteiger partial charge is 0.191 e. The fourth-order valence-corrected chi connectivity index (χ4v) is 3.36. The first kappa shape index (κ1) is 22.4. The zero-order chi connectivity index (χ0) is 19.1. The number of aromatic nitrogens is 3. The van der Waals surface area contributed by atoms with E-state index in [1.807, 2.05) is 19.2 Å². The molecule has 0 unspecified atom stereocenters. The Kier molecular flexibility index (Phi) is 8.91. The third kappa shape index (κ3) is 6.59. The molecule has 2 aromatic rings. The molecule has 28 heavy (non-hydrogen) atoms. The molecule has 1 aliphatic heterocycles. The Bertz CT molecular complexity index is 765. The zero-order valence-electron chi connectivity index (χ0n) is 16.6. The van der Waals surface area contributed by atoms with Gasteiger partial charge in [0.2, 0.25) is 0 Å². The number of nitrogens with zero attached hydrogens (tertiary/aromatic N) is 4. The van der Waals surface area contributed by atoms with E-state index in [0.29, 0.717) is 12.6 Å². The summed E-state index contributed by atoms with van der Waals surface area (Å²) in [7, 11) is 1.82. The maximum Gasteiger partial charge on any atom is 0.191 e. The summed E-state index contributed by atoms with van der Waals surface area (Å²) in [5.41, 5.74) is 3.43. The molecule has 1 fully saturated rings. The average molecular weight is 495 g/mol. The summed E-state index contributed by atoms with van der Waals surface area (Å²) < 4.78 is 0. The van der Waals surface area contributed by atoms with Crippen LogP contribution in [0.2, 0.25) is 0 Å². The van der Waals surface area contributed by atoms with E-state index in [1.165, 1.54) is 17.5 Å². The Balaban J connectivity index is 0.00000280. The summed E-state index contributed by atoms with van der Waals surface area (Å²) in [5, 5.41) is 13.8. The summed E-state index contributed by atoms with van der Waals surface area (Å²) in [5.74, 6) is 1.62. The van der Waals surface area contributed by atoms with Crippen molar-refractivity contribution in [2.24, 2.45) is 4.99 Å². The molecule has 0 saturated carbocycles. The van der Waals surface area contributed by atoms with E-state index in [9.17, 15) is 0 Å². The molecule has 1 aliphatic rings. The lowest BCUT2D eigenvalue weighted by atomic mass is 10.0. The lowest BCUT2D eigenvalue weighted by molar-refractivity contribution is 0.221. The predicted octanol–water partition coefficient (Wildman–Crippen LogP) is 2.80. The molecule has 3 rings (SSSR count). The number of likely N-dealkylation sites (tertiary alicyclic amines) is 1. The van der Waals surface area contributed by atoms with Gasteiger partial charge < -0.3 is 10.6 Å².